The lowest BCUT2D eigenvalue weighted by Gasteiger charge is -2.21. The fraction of sp³-hybridized carbons (Fsp3) is 0.208. The van der Waals surface area contributed by atoms with Gasteiger partial charge in [-0.15, -0.1) is 0 Å². The number of nitrogens with zero attached hydrogens (tertiary/aromatic N) is 2. The molecule has 5 heteroatoms. The summed E-state index contributed by atoms with van der Waals surface area (Å²) in [5, 5.41) is 11.7. The minimum Gasteiger partial charge on any atom is -0.390 e. The third kappa shape index (κ3) is 4.47. The lowest BCUT2D eigenvalue weighted by Crippen LogP contribution is -2.33. The molecule has 0 amide bonds. The number of rotatable bonds is 7. The maximum atomic E-state index is 12.3. The number of hydrogen-bond acceptors (Lipinski definition) is 3. The zero-order valence-electron chi connectivity index (χ0n) is 16.5. The van der Waals surface area contributed by atoms with Crippen LogP contribution in [0.1, 0.15) is 5.56 Å². The van der Waals surface area contributed by atoms with Gasteiger partial charge >= 0.3 is 0 Å². The number of nitrogens with one attached hydrogen (secondary N) is 1. The molecule has 29 heavy (non-hydrogen) atoms. The van der Waals surface area contributed by atoms with Gasteiger partial charge in [0.2, 0.25) is 0 Å². The molecule has 0 saturated carbocycles. The summed E-state index contributed by atoms with van der Waals surface area (Å²) in [6.07, 6.45) is 3.21. The number of aliphatic hydroxyl groups is 1. The van der Waals surface area contributed by atoms with Crippen LogP contribution in [0.4, 0.5) is 0 Å². The summed E-state index contributed by atoms with van der Waals surface area (Å²) < 4.78 is 2.07. The quantitative estimate of drug-likeness (QED) is 0.510. The molecule has 2 heterocycles. The molecule has 4 rings (SSSR count). The fourth-order valence-electron chi connectivity index (χ4n) is 3.75. The van der Waals surface area contributed by atoms with E-state index in [4.69, 9.17) is 0 Å². The second-order valence-corrected chi connectivity index (χ2v) is 7.49. The van der Waals surface area contributed by atoms with E-state index in [1.54, 1.807) is 6.20 Å². The van der Waals surface area contributed by atoms with Crippen LogP contribution in [0.5, 0.6) is 0 Å². The Bertz CT molecular complexity index is 1150. The van der Waals surface area contributed by atoms with Crippen molar-refractivity contribution in [2.24, 2.45) is 0 Å². The van der Waals surface area contributed by atoms with Crippen molar-refractivity contribution in [3.8, 4) is 11.1 Å². The molecule has 0 saturated heterocycles. The van der Waals surface area contributed by atoms with Crippen LogP contribution < -0.4 is 5.56 Å². The highest BCUT2D eigenvalue weighted by molar-refractivity contribution is 5.79. The van der Waals surface area contributed by atoms with Gasteiger partial charge in [-0.2, -0.15) is 0 Å². The van der Waals surface area contributed by atoms with Crippen molar-refractivity contribution in [2.75, 3.05) is 13.6 Å². The van der Waals surface area contributed by atoms with Crippen molar-refractivity contribution >= 4 is 10.9 Å². The largest absolute Gasteiger partial charge is 0.390 e. The number of likely N-dealkylation sites (N-methyl/N-ethyl adjacent to an activating group) is 1. The van der Waals surface area contributed by atoms with Gasteiger partial charge in [0, 0.05) is 43.1 Å². The summed E-state index contributed by atoms with van der Waals surface area (Å²) in [7, 11) is 1.92. The Labute approximate surface area is 169 Å². The molecule has 0 fully saturated rings. The predicted molar refractivity (Wildman–Crippen MR) is 117 cm³/mol. The lowest BCUT2D eigenvalue weighted by atomic mass is 10.1. The van der Waals surface area contributed by atoms with Gasteiger partial charge in [0.25, 0.3) is 5.56 Å². The predicted octanol–water partition coefficient (Wildman–Crippen LogP) is 3.49. The van der Waals surface area contributed by atoms with Crippen molar-refractivity contribution in [1.29, 1.82) is 0 Å². The summed E-state index contributed by atoms with van der Waals surface area (Å²) >= 11 is 0. The Hall–Kier alpha value is -3.15. The van der Waals surface area contributed by atoms with Crippen LogP contribution in [0.25, 0.3) is 22.0 Å². The summed E-state index contributed by atoms with van der Waals surface area (Å²) in [6.45, 7) is 1.46. The van der Waals surface area contributed by atoms with Crippen molar-refractivity contribution in [2.45, 2.75) is 19.2 Å². The average Bonchev–Trinajstić information content (AvgIpc) is 3.13. The highest BCUT2D eigenvalue weighted by Crippen LogP contribution is 2.18. The summed E-state index contributed by atoms with van der Waals surface area (Å²) in [5.41, 5.74) is 3.75. The molecule has 5 nitrogen and oxygen atoms in total. The number of aromatic nitrogens is 2. The van der Waals surface area contributed by atoms with Crippen molar-refractivity contribution < 1.29 is 5.11 Å². The molecule has 0 aliphatic rings. The van der Waals surface area contributed by atoms with Crippen LogP contribution in [-0.2, 0) is 13.1 Å². The van der Waals surface area contributed by atoms with E-state index in [1.165, 1.54) is 0 Å². The molecule has 0 radical (unpaired) electrons. The molecule has 2 aromatic carbocycles. The number of aliphatic hydroxyl groups excluding tert-OH is 1. The molecule has 148 valence electrons. The monoisotopic (exact) mass is 387 g/mol. The highest BCUT2D eigenvalue weighted by atomic mass is 16.3. The van der Waals surface area contributed by atoms with Gasteiger partial charge in [-0.1, -0.05) is 48.5 Å². The first-order chi connectivity index (χ1) is 14.1. The van der Waals surface area contributed by atoms with E-state index < -0.39 is 6.10 Å². The smallest absolute Gasteiger partial charge is 0.252 e. The number of H-pyrrole nitrogens is 1. The van der Waals surface area contributed by atoms with E-state index in [-0.39, 0.29) is 5.56 Å². The molecule has 2 aromatic heterocycles. The van der Waals surface area contributed by atoms with Crippen LogP contribution in [0.2, 0.25) is 0 Å². The Morgan fingerprint density at radius 1 is 1.03 bits per heavy atom. The zero-order valence-corrected chi connectivity index (χ0v) is 16.5. The summed E-state index contributed by atoms with van der Waals surface area (Å²) in [4.78, 5) is 17.1. The van der Waals surface area contributed by atoms with Gasteiger partial charge < -0.3 is 14.7 Å². The van der Waals surface area contributed by atoms with Gasteiger partial charge in [-0.25, -0.2) is 0 Å². The minimum atomic E-state index is -0.535. The maximum absolute atomic E-state index is 12.3. The number of fused-ring (bicyclic) bond motifs is 1. The molecule has 1 atom stereocenters. The normalized spacial score (nSPS) is 12.5. The molecule has 1 unspecified atom stereocenters. The van der Waals surface area contributed by atoms with E-state index >= 15 is 0 Å². The third-order valence-corrected chi connectivity index (χ3v) is 5.14. The van der Waals surface area contributed by atoms with Crippen molar-refractivity contribution in [1.82, 2.24) is 14.5 Å². The molecule has 0 aliphatic heterocycles. The third-order valence-electron chi connectivity index (χ3n) is 5.14. The van der Waals surface area contributed by atoms with E-state index in [0.717, 1.165) is 22.0 Å². The Morgan fingerprint density at radius 2 is 1.79 bits per heavy atom. The van der Waals surface area contributed by atoms with Gasteiger partial charge in [0.05, 0.1) is 6.10 Å². The average molecular weight is 387 g/mol. The fourth-order valence-corrected chi connectivity index (χ4v) is 3.75. The van der Waals surface area contributed by atoms with Crippen LogP contribution in [-0.4, -0.2) is 39.3 Å². The molecule has 0 bridgehead atoms. The highest BCUT2D eigenvalue weighted by Gasteiger charge is 2.13. The standard InChI is InChI=1S/C24H25N3O2/c1-26(16-22(28)17-27-12-11-19-9-5-6-10-23(19)27)15-21-13-20(14-25-24(21)29)18-7-3-2-4-8-18/h2-14,22,28H,15-17H2,1H3,(H,25,29). The molecular formula is C24H25N3O2. The van der Waals surface area contributed by atoms with Crippen LogP contribution in [0.3, 0.4) is 0 Å². The SMILES string of the molecule is CN(Cc1cc(-c2ccccc2)c[nH]c1=O)CC(O)Cn1ccc2ccccc21. The Kier molecular flexibility index (Phi) is 5.60. The van der Waals surface area contributed by atoms with Gasteiger partial charge in [0.1, 0.15) is 0 Å². The van der Waals surface area contributed by atoms with E-state index in [0.29, 0.717) is 25.2 Å². The zero-order chi connectivity index (χ0) is 20.2. The topological polar surface area (TPSA) is 61.3 Å². The van der Waals surface area contributed by atoms with Crippen molar-refractivity contribution in [3.05, 3.63) is 95.0 Å². The van der Waals surface area contributed by atoms with Crippen LogP contribution in [0, 0.1) is 0 Å². The summed E-state index contributed by atoms with van der Waals surface area (Å²) in [5.74, 6) is 0. The van der Waals surface area contributed by atoms with Gasteiger partial charge in [-0.3, -0.25) is 9.69 Å². The minimum absolute atomic E-state index is 0.0950. The second kappa shape index (κ2) is 8.47. The van der Waals surface area contributed by atoms with E-state index in [1.807, 2.05) is 66.7 Å². The van der Waals surface area contributed by atoms with Crippen LogP contribution >= 0.6 is 0 Å². The molecule has 0 aliphatic carbocycles. The second-order valence-electron chi connectivity index (χ2n) is 7.49. The van der Waals surface area contributed by atoms with E-state index in [9.17, 15) is 9.90 Å². The molecule has 2 N–H and O–H groups in total. The van der Waals surface area contributed by atoms with Gasteiger partial charge in [0.15, 0.2) is 0 Å². The van der Waals surface area contributed by atoms with Crippen LogP contribution in [0.15, 0.2) is 83.9 Å². The number of hydrogen-bond donors (Lipinski definition) is 2. The number of pyridine rings is 1. The number of para-hydroxylation sites is 1. The lowest BCUT2D eigenvalue weighted by molar-refractivity contribution is 0.108. The number of aromatic amines is 1. The first-order valence-electron chi connectivity index (χ1n) is 9.77. The Balaban J connectivity index is 1.43. The van der Waals surface area contributed by atoms with Gasteiger partial charge in [-0.05, 0) is 41.8 Å². The maximum Gasteiger partial charge on any atom is 0.252 e. The van der Waals surface area contributed by atoms with Crippen molar-refractivity contribution in [3.63, 3.8) is 0 Å². The molecule has 0 spiro atoms. The van der Waals surface area contributed by atoms with E-state index in [2.05, 4.69) is 27.8 Å². The first kappa shape index (κ1) is 19.2. The first-order valence-corrected chi connectivity index (χ1v) is 9.77. The number of benzene rings is 2. The molecule has 4 aromatic rings. The summed E-state index contributed by atoms with van der Waals surface area (Å²) in [6, 6.07) is 22.1. The molecular weight excluding hydrogens is 362 g/mol. The Morgan fingerprint density at radius 3 is 2.62 bits per heavy atom.